The van der Waals surface area contributed by atoms with Gasteiger partial charge in [-0.15, -0.1) is 0 Å². The van der Waals surface area contributed by atoms with Crippen molar-refractivity contribution < 1.29 is 19.8 Å². The first-order valence-corrected chi connectivity index (χ1v) is 5.67. The second kappa shape index (κ2) is 4.93. The van der Waals surface area contributed by atoms with Crippen molar-refractivity contribution in [2.75, 3.05) is 0 Å². The minimum absolute atomic E-state index is 0.0642. The van der Waals surface area contributed by atoms with Crippen molar-refractivity contribution in [1.29, 1.82) is 0 Å². The molecule has 0 atom stereocenters. The number of carbonyl (C=O) groups is 2. The molecule has 0 aliphatic carbocycles. The fourth-order valence-electron chi connectivity index (χ4n) is 1.83. The number of aromatic nitrogens is 2. The maximum Gasteiger partial charge on any atom is 0.335 e. The number of carboxylic acids is 2. The number of nitrogens with zero attached hydrogens (tertiary/aromatic N) is 2. The van der Waals surface area contributed by atoms with Gasteiger partial charge in [-0.3, -0.25) is 0 Å². The number of carboxylic acid groups (broad SMARTS) is 2. The summed E-state index contributed by atoms with van der Waals surface area (Å²) < 4.78 is 1.68. The number of aromatic carboxylic acids is 2. The van der Waals surface area contributed by atoms with Crippen molar-refractivity contribution in [2.45, 2.75) is 13.3 Å². The van der Waals surface area contributed by atoms with Crippen LogP contribution in [0.25, 0.3) is 5.69 Å². The van der Waals surface area contributed by atoms with Gasteiger partial charge in [-0.05, 0) is 18.2 Å². The molecule has 1 aromatic heterocycles. The number of hydrogen-bond donors (Lipinski definition) is 2. The molecule has 6 heteroatoms. The molecule has 19 heavy (non-hydrogen) atoms. The summed E-state index contributed by atoms with van der Waals surface area (Å²) in [5.41, 5.74) is 0.350. The number of hydrogen-bond acceptors (Lipinski definition) is 3. The summed E-state index contributed by atoms with van der Waals surface area (Å²) in [5.74, 6) is -1.59. The van der Waals surface area contributed by atoms with E-state index in [1.807, 2.05) is 6.92 Å². The molecule has 0 bridgehead atoms. The smallest absolute Gasteiger partial charge is 0.335 e. The Morgan fingerprint density at radius 3 is 2.21 bits per heavy atom. The lowest BCUT2D eigenvalue weighted by molar-refractivity contribution is 0.0696. The van der Waals surface area contributed by atoms with E-state index in [0.717, 1.165) is 11.9 Å². The molecule has 0 unspecified atom stereocenters. The molecule has 98 valence electrons. The molecule has 0 radical (unpaired) electrons. The lowest BCUT2D eigenvalue weighted by Crippen LogP contribution is -2.07. The normalized spacial score (nSPS) is 10.4. The predicted molar refractivity (Wildman–Crippen MR) is 66.9 cm³/mol. The lowest BCUT2D eigenvalue weighted by atomic mass is 10.1. The fraction of sp³-hybridized carbons (Fsp3) is 0.154. The average molecular weight is 260 g/mol. The first-order valence-electron chi connectivity index (χ1n) is 5.67. The van der Waals surface area contributed by atoms with Gasteiger partial charge in [-0.1, -0.05) is 6.92 Å². The first kappa shape index (κ1) is 12.8. The highest BCUT2D eigenvalue weighted by Crippen LogP contribution is 2.17. The van der Waals surface area contributed by atoms with E-state index in [-0.39, 0.29) is 11.1 Å². The second-order valence-electron chi connectivity index (χ2n) is 3.95. The molecule has 6 nitrogen and oxygen atoms in total. The molecular formula is C13H12N2O4. The van der Waals surface area contributed by atoms with Crippen molar-refractivity contribution in [2.24, 2.45) is 0 Å². The molecule has 0 fully saturated rings. The van der Waals surface area contributed by atoms with Crippen molar-refractivity contribution in [1.82, 2.24) is 9.55 Å². The van der Waals surface area contributed by atoms with Gasteiger partial charge in [-0.25, -0.2) is 14.6 Å². The Hall–Kier alpha value is -2.63. The Morgan fingerprint density at radius 2 is 1.74 bits per heavy atom. The first-order chi connectivity index (χ1) is 9.02. The van der Waals surface area contributed by atoms with Gasteiger partial charge in [0.1, 0.15) is 5.82 Å². The zero-order valence-corrected chi connectivity index (χ0v) is 10.2. The molecule has 2 N–H and O–H groups in total. The molecule has 0 aliphatic rings. The summed E-state index contributed by atoms with van der Waals surface area (Å²) in [7, 11) is 0. The zero-order chi connectivity index (χ0) is 14.0. The van der Waals surface area contributed by atoms with E-state index in [0.29, 0.717) is 12.1 Å². The number of benzene rings is 1. The maximum atomic E-state index is 11.0. The molecule has 0 saturated carbocycles. The Kier molecular flexibility index (Phi) is 3.33. The Morgan fingerprint density at radius 1 is 1.16 bits per heavy atom. The van der Waals surface area contributed by atoms with Crippen molar-refractivity contribution in [3.63, 3.8) is 0 Å². The third kappa shape index (κ3) is 2.47. The molecule has 1 aromatic carbocycles. The summed E-state index contributed by atoms with van der Waals surface area (Å²) in [6, 6.07) is 3.99. The molecular weight excluding hydrogens is 248 g/mol. The molecule has 0 aliphatic heterocycles. The average Bonchev–Trinajstić information content (AvgIpc) is 2.86. The highest BCUT2D eigenvalue weighted by molar-refractivity contribution is 5.94. The third-order valence-electron chi connectivity index (χ3n) is 2.72. The van der Waals surface area contributed by atoms with Crippen LogP contribution in [0.5, 0.6) is 0 Å². The highest BCUT2D eigenvalue weighted by Gasteiger charge is 2.13. The maximum absolute atomic E-state index is 11.0. The van der Waals surface area contributed by atoms with Gasteiger partial charge < -0.3 is 14.8 Å². The summed E-state index contributed by atoms with van der Waals surface area (Å²) in [4.78, 5) is 26.2. The van der Waals surface area contributed by atoms with Crippen LogP contribution in [0.3, 0.4) is 0 Å². The van der Waals surface area contributed by atoms with Crippen LogP contribution in [0.1, 0.15) is 33.5 Å². The molecule has 0 amide bonds. The van der Waals surface area contributed by atoms with Crippen LogP contribution in [-0.4, -0.2) is 31.7 Å². The van der Waals surface area contributed by atoms with Gasteiger partial charge in [0, 0.05) is 24.5 Å². The van der Waals surface area contributed by atoms with Crippen LogP contribution >= 0.6 is 0 Å². The number of aryl methyl sites for hydroxylation is 1. The minimum atomic E-state index is -1.16. The quantitative estimate of drug-likeness (QED) is 0.874. The lowest BCUT2D eigenvalue weighted by Gasteiger charge is -2.09. The monoisotopic (exact) mass is 260 g/mol. The van der Waals surface area contributed by atoms with E-state index in [4.69, 9.17) is 10.2 Å². The molecule has 2 aromatic rings. The van der Waals surface area contributed by atoms with Gasteiger partial charge >= 0.3 is 11.9 Å². The van der Waals surface area contributed by atoms with E-state index in [9.17, 15) is 9.59 Å². The van der Waals surface area contributed by atoms with Gasteiger partial charge in [0.05, 0.1) is 11.1 Å². The predicted octanol–water partition coefficient (Wildman–Crippen LogP) is 1.83. The zero-order valence-electron chi connectivity index (χ0n) is 10.2. The Balaban J connectivity index is 2.63. The van der Waals surface area contributed by atoms with Gasteiger partial charge in [-0.2, -0.15) is 0 Å². The third-order valence-corrected chi connectivity index (χ3v) is 2.72. The van der Waals surface area contributed by atoms with Crippen molar-refractivity contribution in [3.05, 3.63) is 47.5 Å². The molecule has 1 heterocycles. The minimum Gasteiger partial charge on any atom is -0.478 e. The standard InChI is InChI=1S/C13H12N2O4/c1-2-11-14-3-4-15(11)10-6-8(12(16)17)5-9(7-10)13(18)19/h3-7H,2H2,1H3,(H,16,17)(H,18,19). The van der Waals surface area contributed by atoms with Crippen molar-refractivity contribution in [3.8, 4) is 5.69 Å². The second-order valence-corrected chi connectivity index (χ2v) is 3.95. The molecule has 0 spiro atoms. The summed E-state index contributed by atoms with van der Waals surface area (Å²) in [6.07, 6.45) is 3.92. The SMILES string of the molecule is CCc1nccn1-c1cc(C(=O)O)cc(C(=O)O)c1. The van der Waals surface area contributed by atoms with Gasteiger partial charge in [0.2, 0.25) is 0 Å². The van der Waals surface area contributed by atoms with Gasteiger partial charge in [0.25, 0.3) is 0 Å². The van der Waals surface area contributed by atoms with E-state index in [2.05, 4.69) is 4.98 Å². The Bertz CT molecular complexity index is 614. The molecule has 0 saturated heterocycles. The number of imidazole rings is 1. The van der Waals surface area contributed by atoms with Crippen LogP contribution in [0, 0.1) is 0 Å². The van der Waals surface area contributed by atoms with Crippen LogP contribution in [-0.2, 0) is 6.42 Å². The van der Waals surface area contributed by atoms with E-state index < -0.39 is 11.9 Å². The van der Waals surface area contributed by atoms with E-state index >= 15 is 0 Å². The van der Waals surface area contributed by atoms with Gasteiger partial charge in [0.15, 0.2) is 0 Å². The largest absolute Gasteiger partial charge is 0.478 e. The summed E-state index contributed by atoms with van der Waals surface area (Å²) in [6.45, 7) is 1.91. The van der Waals surface area contributed by atoms with Crippen molar-refractivity contribution >= 4 is 11.9 Å². The highest BCUT2D eigenvalue weighted by atomic mass is 16.4. The van der Waals surface area contributed by atoms with Crippen LogP contribution in [0.2, 0.25) is 0 Å². The summed E-state index contributed by atoms with van der Waals surface area (Å²) in [5, 5.41) is 18.0. The van der Waals surface area contributed by atoms with E-state index in [1.54, 1.807) is 17.0 Å². The summed E-state index contributed by atoms with van der Waals surface area (Å²) >= 11 is 0. The topological polar surface area (TPSA) is 92.4 Å². The van der Waals surface area contributed by atoms with Crippen LogP contribution in [0.4, 0.5) is 0 Å². The molecule has 2 rings (SSSR count). The fourth-order valence-corrected chi connectivity index (χ4v) is 1.83. The van der Waals surface area contributed by atoms with Crippen LogP contribution in [0.15, 0.2) is 30.6 Å². The Labute approximate surface area is 108 Å². The van der Waals surface area contributed by atoms with Crippen LogP contribution < -0.4 is 0 Å². The number of rotatable bonds is 4. The van der Waals surface area contributed by atoms with E-state index in [1.165, 1.54) is 12.1 Å².